The third-order valence-corrected chi connectivity index (χ3v) is 3.84. The Morgan fingerprint density at radius 1 is 0.962 bits per heavy atom. The highest BCUT2D eigenvalue weighted by Gasteiger charge is 2.13. The minimum absolute atomic E-state index is 0.0280. The van der Waals surface area contributed by atoms with Gasteiger partial charge in [-0.1, -0.05) is 12.1 Å². The number of nitrogens with one attached hydrogen (secondary N) is 1. The predicted molar refractivity (Wildman–Crippen MR) is 92.0 cm³/mol. The number of hydrogen-bond donors (Lipinski definition) is 1. The first-order chi connectivity index (χ1) is 12.3. The molecule has 2 rings (SSSR count). The molecule has 0 heterocycles. The molecule has 0 aromatic heterocycles. The fourth-order valence-electron chi connectivity index (χ4n) is 2.38. The summed E-state index contributed by atoms with van der Waals surface area (Å²) in [6, 6.07) is 8.83. The molecule has 2 aromatic carbocycles. The Morgan fingerprint density at radius 3 is 2.23 bits per heavy atom. The molecule has 0 radical (unpaired) electrons. The van der Waals surface area contributed by atoms with Crippen molar-refractivity contribution in [1.29, 1.82) is 0 Å². The molecule has 0 saturated carbocycles. The maximum Gasteiger partial charge on any atom is 0.226 e. The van der Waals surface area contributed by atoms with Crippen LogP contribution in [-0.2, 0) is 16.0 Å². The summed E-state index contributed by atoms with van der Waals surface area (Å²) in [4.78, 5) is 25.1. The second-order valence-corrected chi connectivity index (χ2v) is 5.80. The van der Waals surface area contributed by atoms with E-state index in [-0.39, 0.29) is 30.4 Å². The van der Waals surface area contributed by atoms with Gasteiger partial charge in [0, 0.05) is 32.5 Å². The minimum Gasteiger partial charge on any atom is -0.342 e. The van der Waals surface area contributed by atoms with Gasteiger partial charge in [0.2, 0.25) is 11.8 Å². The van der Waals surface area contributed by atoms with E-state index in [1.54, 1.807) is 12.1 Å². The Labute approximate surface area is 149 Å². The smallest absolute Gasteiger partial charge is 0.226 e. The van der Waals surface area contributed by atoms with E-state index in [9.17, 15) is 22.8 Å². The molecular formula is C19H19F3N2O2. The normalized spacial score (nSPS) is 10.5. The van der Waals surface area contributed by atoms with Crippen molar-refractivity contribution in [3.8, 4) is 0 Å². The summed E-state index contributed by atoms with van der Waals surface area (Å²) >= 11 is 0. The summed E-state index contributed by atoms with van der Waals surface area (Å²) in [6.07, 6.45) is 0.494. The minimum atomic E-state index is -0.863. The van der Waals surface area contributed by atoms with Gasteiger partial charge in [0.25, 0.3) is 0 Å². The molecule has 1 N–H and O–H groups in total. The van der Waals surface area contributed by atoms with Crippen LogP contribution in [0.25, 0.3) is 0 Å². The van der Waals surface area contributed by atoms with Gasteiger partial charge in [0.05, 0.1) is 5.69 Å². The number of carbonyl (C=O) groups excluding carboxylic acids is 2. The Balaban J connectivity index is 1.86. The summed E-state index contributed by atoms with van der Waals surface area (Å²) in [5.74, 6) is -2.61. The third-order valence-electron chi connectivity index (χ3n) is 3.84. The Hall–Kier alpha value is -2.83. The van der Waals surface area contributed by atoms with Gasteiger partial charge < -0.3 is 10.2 Å². The largest absolute Gasteiger partial charge is 0.342 e. The molecule has 0 fully saturated rings. The molecule has 7 heteroatoms. The summed E-state index contributed by atoms with van der Waals surface area (Å²) in [7, 11) is 0. The van der Waals surface area contributed by atoms with Crippen LogP contribution < -0.4 is 5.32 Å². The van der Waals surface area contributed by atoms with Crippen LogP contribution in [0.15, 0.2) is 42.5 Å². The van der Waals surface area contributed by atoms with Crippen LogP contribution in [0.1, 0.15) is 18.9 Å². The lowest BCUT2D eigenvalue weighted by Gasteiger charge is -2.21. The molecular weight excluding hydrogens is 345 g/mol. The molecule has 0 unspecified atom stereocenters. The van der Waals surface area contributed by atoms with Crippen molar-refractivity contribution in [2.45, 2.75) is 19.8 Å². The fourth-order valence-corrected chi connectivity index (χ4v) is 2.38. The van der Waals surface area contributed by atoms with Gasteiger partial charge in [0.15, 0.2) is 0 Å². The molecule has 26 heavy (non-hydrogen) atoms. The molecule has 0 aliphatic carbocycles. The molecule has 4 nitrogen and oxygen atoms in total. The van der Waals surface area contributed by atoms with Gasteiger partial charge in [-0.15, -0.1) is 0 Å². The lowest BCUT2D eigenvalue weighted by Crippen LogP contribution is -2.33. The van der Waals surface area contributed by atoms with Crippen molar-refractivity contribution in [3.63, 3.8) is 0 Å². The van der Waals surface area contributed by atoms with Crippen molar-refractivity contribution >= 4 is 17.5 Å². The highest BCUT2D eigenvalue weighted by molar-refractivity contribution is 5.91. The summed E-state index contributed by atoms with van der Waals surface area (Å²) < 4.78 is 39.3. The van der Waals surface area contributed by atoms with Crippen molar-refractivity contribution in [3.05, 3.63) is 65.5 Å². The molecule has 2 amide bonds. The van der Waals surface area contributed by atoms with Crippen molar-refractivity contribution in [2.24, 2.45) is 0 Å². The SMILES string of the molecule is CC(=O)N(CCC(=O)Nc1ccc(F)cc1F)CCc1ccc(F)cc1. The van der Waals surface area contributed by atoms with Gasteiger partial charge in [0.1, 0.15) is 17.5 Å². The zero-order valence-corrected chi connectivity index (χ0v) is 14.3. The molecule has 138 valence electrons. The van der Waals surface area contributed by atoms with Gasteiger partial charge in [-0.25, -0.2) is 13.2 Å². The molecule has 2 aromatic rings. The quantitative estimate of drug-likeness (QED) is 0.817. The van der Waals surface area contributed by atoms with Crippen LogP contribution in [0, 0.1) is 17.5 Å². The van der Waals surface area contributed by atoms with E-state index in [0.717, 1.165) is 17.7 Å². The first-order valence-electron chi connectivity index (χ1n) is 8.10. The van der Waals surface area contributed by atoms with Gasteiger partial charge in [-0.2, -0.15) is 0 Å². The first-order valence-corrected chi connectivity index (χ1v) is 8.10. The standard InChI is InChI=1S/C19H19F3N2O2/c1-13(25)24(10-8-14-2-4-15(20)5-3-14)11-9-19(26)23-18-7-6-16(21)12-17(18)22/h2-7,12H,8-11H2,1H3,(H,23,26). The molecule has 0 aliphatic rings. The Morgan fingerprint density at radius 2 is 1.62 bits per heavy atom. The van der Waals surface area contributed by atoms with Crippen LogP contribution in [0.5, 0.6) is 0 Å². The van der Waals surface area contributed by atoms with Crippen LogP contribution in [0.3, 0.4) is 0 Å². The topological polar surface area (TPSA) is 49.4 Å². The number of amides is 2. The van der Waals surface area contributed by atoms with E-state index < -0.39 is 17.5 Å². The van der Waals surface area contributed by atoms with E-state index in [0.29, 0.717) is 19.0 Å². The molecule has 0 spiro atoms. The molecule has 0 bridgehead atoms. The number of halogens is 3. The zero-order valence-electron chi connectivity index (χ0n) is 14.3. The summed E-state index contributed by atoms with van der Waals surface area (Å²) in [6.45, 7) is 1.92. The van der Waals surface area contributed by atoms with E-state index in [1.807, 2.05) is 0 Å². The van der Waals surface area contributed by atoms with E-state index in [2.05, 4.69) is 5.32 Å². The number of anilines is 1. The molecule has 0 atom stereocenters. The average molecular weight is 364 g/mol. The second kappa shape index (κ2) is 9.03. The van der Waals surface area contributed by atoms with Crippen LogP contribution in [-0.4, -0.2) is 29.8 Å². The summed E-state index contributed by atoms with van der Waals surface area (Å²) in [5.41, 5.74) is 0.757. The maximum atomic E-state index is 13.5. The lowest BCUT2D eigenvalue weighted by atomic mass is 10.1. The molecule has 0 saturated heterocycles. The van der Waals surface area contributed by atoms with E-state index in [4.69, 9.17) is 0 Å². The van der Waals surface area contributed by atoms with Gasteiger partial charge in [-0.3, -0.25) is 9.59 Å². The number of carbonyl (C=O) groups is 2. The van der Waals surface area contributed by atoms with E-state index in [1.165, 1.54) is 24.0 Å². The molecule has 0 aliphatic heterocycles. The summed E-state index contributed by atoms with van der Waals surface area (Å²) in [5, 5.41) is 2.35. The number of hydrogen-bond acceptors (Lipinski definition) is 2. The maximum absolute atomic E-state index is 13.5. The van der Waals surface area contributed by atoms with E-state index >= 15 is 0 Å². The van der Waals surface area contributed by atoms with Gasteiger partial charge in [-0.05, 0) is 36.2 Å². The average Bonchev–Trinajstić information content (AvgIpc) is 2.58. The highest BCUT2D eigenvalue weighted by atomic mass is 19.1. The Bertz CT molecular complexity index is 779. The zero-order chi connectivity index (χ0) is 19.1. The van der Waals surface area contributed by atoms with Crippen molar-refractivity contribution in [2.75, 3.05) is 18.4 Å². The number of nitrogens with zero attached hydrogens (tertiary/aromatic N) is 1. The highest BCUT2D eigenvalue weighted by Crippen LogP contribution is 2.15. The second-order valence-electron chi connectivity index (χ2n) is 5.80. The van der Waals surface area contributed by atoms with Gasteiger partial charge >= 0.3 is 0 Å². The lowest BCUT2D eigenvalue weighted by molar-refractivity contribution is -0.129. The first kappa shape index (κ1) is 19.5. The predicted octanol–water partition coefficient (Wildman–Crippen LogP) is 3.52. The Kier molecular flexibility index (Phi) is 6.77. The fraction of sp³-hybridized carbons (Fsp3) is 0.263. The van der Waals surface area contributed by atoms with Crippen LogP contribution >= 0.6 is 0 Å². The van der Waals surface area contributed by atoms with Crippen LogP contribution in [0.4, 0.5) is 18.9 Å². The van der Waals surface area contributed by atoms with Crippen molar-refractivity contribution < 1.29 is 22.8 Å². The van der Waals surface area contributed by atoms with Crippen molar-refractivity contribution in [1.82, 2.24) is 4.90 Å². The monoisotopic (exact) mass is 364 g/mol. The number of benzene rings is 2. The third kappa shape index (κ3) is 5.91. The number of rotatable bonds is 7. The van der Waals surface area contributed by atoms with Crippen LogP contribution in [0.2, 0.25) is 0 Å².